The molecule has 0 N–H and O–H groups in total. The summed E-state index contributed by atoms with van der Waals surface area (Å²) in [5, 5.41) is 0. The summed E-state index contributed by atoms with van der Waals surface area (Å²) in [5.74, 6) is 1.73. The third kappa shape index (κ3) is 6.15. The molecule has 0 aromatic heterocycles. The molecule has 0 saturated heterocycles. The fourth-order valence-corrected chi connectivity index (χ4v) is 1.68. The van der Waals surface area contributed by atoms with Crippen molar-refractivity contribution in [3.8, 4) is 0 Å². The second kappa shape index (κ2) is 6.45. The van der Waals surface area contributed by atoms with Crippen molar-refractivity contribution in [2.24, 2.45) is 11.8 Å². The third-order valence-electron chi connectivity index (χ3n) is 2.16. The van der Waals surface area contributed by atoms with E-state index in [1.165, 1.54) is 25.7 Å². The van der Waals surface area contributed by atoms with E-state index in [0.717, 1.165) is 11.8 Å². The van der Waals surface area contributed by atoms with Gasteiger partial charge in [0.2, 0.25) is 0 Å². The van der Waals surface area contributed by atoms with Crippen molar-refractivity contribution in [3.63, 3.8) is 0 Å². The van der Waals surface area contributed by atoms with Gasteiger partial charge in [0.05, 0.1) is 0 Å². The normalized spacial score (nSPS) is 15.9. The van der Waals surface area contributed by atoms with Crippen molar-refractivity contribution < 1.29 is 0 Å². The summed E-state index contributed by atoms with van der Waals surface area (Å²) in [5.41, 5.74) is 0. The van der Waals surface area contributed by atoms with Gasteiger partial charge in [0.15, 0.2) is 0 Å². The predicted octanol–water partition coefficient (Wildman–Crippen LogP) is 4.02. The average Bonchev–Trinajstić information content (AvgIpc) is 1.87. The number of rotatable bonds is 6. The van der Waals surface area contributed by atoms with E-state index in [1.54, 1.807) is 0 Å². The largest absolute Gasteiger partial charge is 0.103 e. The molecule has 0 aromatic carbocycles. The molecule has 11 heavy (non-hydrogen) atoms. The van der Waals surface area contributed by atoms with Crippen LogP contribution in [0.2, 0.25) is 0 Å². The molecule has 0 fully saturated rings. The van der Waals surface area contributed by atoms with Gasteiger partial charge < -0.3 is 0 Å². The molecular weight excluding hydrogens is 132 g/mol. The molecule has 0 heterocycles. The lowest BCUT2D eigenvalue weighted by atomic mass is 9.92. The Labute approximate surface area is 71.7 Å². The number of allylic oxidation sites excluding steroid dienone is 1. The summed E-state index contributed by atoms with van der Waals surface area (Å²) in [4.78, 5) is 0. The first-order chi connectivity index (χ1) is 5.20. The minimum absolute atomic E-state index is 0.828. The van der Waals surface area contributed by atoms with Crippen molar-refractivity contribution in [1.29, 1.82) is 0 Å². The molecule has 0 aromatic rings. The molecule has 0 spiro atoms. The SMILES string of the molecule is C=CC[C@@H](C)C[C@@H](C)CCC. The van der Waals surface area contributed by atoms with Crippen molar-refractivity contribution >= 4 is 0 Å². The van der Waals surface area contributed by atoms with Gasteiger partial charge in [-0.1, -0.05) is 39.7 Å². The summed E-state index contributed by atoms with van der Waals surface area (Å²) in [6.07, 6.45) is 7.26. The van der Waals surface area contributed by atoms with Crippen LogP contribution in [0, 0.1) is 11.8 Å². The van der Waals surface area contributed by atoms with E-state index in [0.29, 0.717) is 0 Å². The van der Waals surface area contributed by atoms with Gasteiger partial charge in [-0.2, -0.15) is 0 Å². The van der Waals surface area contributed by atoms with Gasteiger partial charge in [-0.3, -0.25) is 0 Å². The maximum atomic E-state index is 3.75. The molecule has 66 valence electrons. The average molecular weight is 154 g/mol. The quantitative estimate of drug-likeness (QED) is 0.507. The summed E-state index contributed by atoms with van der Waals surface area (Å²) in [7, 11) is 0. The van der Waals surface area contributed by atoms with Crippen LogP contribution in [-0.2, 0) is 0 Å². The lowest BCUT2D eigenvalue weighted by Crippen LogP contribution is -2.01. The maximum Gasteiger partial charge on any atom is -0.0327 e. The Morgan fingerprint density at radius 1 is 1.27 bits per heavy atom. The molecular formula is C11H22. The van der Waals surface area contributed by atoms with E-state index in [1.807, 2.05) is 6.08 Å². The van der Waals surface area contributed by atoms with Crippen LogP contribution in [0.25, 0.3) is 0 Å². The van der Waals surface area contributed by atoms with Crippen molar-refractivity contribution in [2.45, 2.75) is 46.5 Å². The molecule has 0 bridgehead atoms. The van der Waals surface area contributed by atoms with Crippen LogP contribution in [-0.4, -0.2) is 0 Å². The lowest BCUT2D eigenvalue weighted by Gasteiger charge is -2.14. The fraction of sp³-hybridized carbons (Fsp3) is 0.818. The second-order valence-electron chi connectivity index (χ2n) is 3.76. The van der Waals surface area contributed by atoms with Crippen molar-refractivity contribution in [1.82, 2.24) is 0 Å². The second-order valence-corrected chi connectivity index (χ2v) is 3.76. The van der Waals surface area contributed by atoms with E-state index in [4.69, 9.17) is 0 Å². The maximum absolute atomic E-state index is 3.75. The smallest absolute Gasteiger partial charge is 0.0327 e. The predicted molar refractivity (Wildman–Crippen MR) is 52.7 cm³/mol. The zero-order valence-electron chi connectivity index (χ0n) is 8.27. The van der Waals surface area contributed by atoms with Crippen molar-refractivity contribution in [3.05, 3.63) is 12.7 Å². The summed E-state index contributed by atoms with van der Waals surface area (Å²) in [6.45, 7) is 10.7. The van der Waals surface area contributed by atoms with Crippen LogP contribution < -0.4 is 0 Å². The highest BCUT2D eigenvalue weighted by atomic mass is 14.1. The molecule has 0 heteroatoms. The molecule has 0 saturated carbocycles. The first-order valence-corrected chi connectivity index (χ1v) is 4.81. The van der Waals surface area contributed by atoms with Crippen molar-refractivity contribution in [2.75, 3.05) is 0 Å². The van der Waals surface area contributed by atoms with Gasteiger partial charge in [-0.15, -0.1) is 6.58 Å². The molecule has 0 radical (unpaired) electrons. The molecule has 2 atom stereocenters. The Kier molecular flexibility index (Phi) is 6.30. The highest BCUT2D eigenvalue weighted by molar-refractivity contribution is 4.71. The molecule has 0 rings (SSSR count). The number of hydrogen-bond acceptors (Lipinski definition) is 0. The van der Waals surface area contributed by atoms with Gasteiger partial charge in [-0.25, -0.2) is 0 Å². The first-order valence-electron chi connectivity index (χ1n) is 4.81. The molecule has 0 aliphatic rings. The zero-order chi connectivity index (χ0) is 8.69. The van der Waals surface area contributed by atoms with E-state index in [2.05, 4.69) is 27.4 Å². The topological polar surface area (TPSA) is 0 Å². The minimum Gasteiger partial charge on any atom is -0.103 e. The Bertz CT molecular complexity index is 94.2. The molecule has 0 amide bonds. The monoisotopic (exact) mass is 154 g/mol. The summed E-state index contributed by atoms with van der Waals surface area (Å²) in [6, 6.07) is 0. The summed E-state index contributed by atoms with van der Waals surface area (Å²) >= 11 is 0. The van der Waals surface area contributed by atoms with Crippen LogP contribution >= 0.6 is 0 Å². The van der Waals surface area contributed by atoms with Gasteiger partial charge >= 0.3 is 0 Å². The van der Waals surface area contributed by atoms with Crippen LogP contribution in [0.3, 0.4) is 0 Å². The highest BCUT2D eigenvalue weighted by Crippen LogP contribution is 2.18. The Hall–Kier alpha value is -0.260. The Morgan fingerprint density at radius 2 is 1.91 bits per heavy atom. The van der Waals surface area contributed by atoms with E-state index in [-0.39, 0.29) is 0 Å². The Morgan fingerprint density at radius 3 is 2.36 bits per heavy atom. The standard InChI is InChI=1S/C11H22/c1-5-7-10(3)9-11(4)8-6-2/h5,10-11H,1,6-9H2,2-4H3/t10-,11+/m1/s1. The minimum atomic E-state index is 0.828. The van der Waals surface area contributed by atoms with Gasteiger partial charge in [-0.05, 0) is 24.7 Å². The van der Waals surface area contributed by atoms with Crippen LogP contribution in [0.4, 0.5) is 0 Å². The Balaban J connectivity index is 3.39. The van der Waals surface area contributed by atoms with Gasteiger partial charge in [0.1, 0.15) is 0 Å². The number of hydrogen-bond donors (Lipinski definition) is 0. The molecule has 0 aliphatic heterocycles. The van der Waals surface area contributed by atoms with Gasteiger partial charge in [0, 0.05) is 0 Å². The van der Waals surface area contributed by atoms with E-state index < -0.39 is 0 Å². The lowest BCUT2D eigenvalue weighted by molar-refractivity contribution is 0.394. The molecule has 0 unspecified atom stereocenters. The van der Waals surface area contributed by atoms with E-state index in [9.17, 15) is 0 Å². The fourth-order valence-electron chi connectivity index (χ4n) is 1.68. The third-order valence-corrected chi connectivity index (χ3v) is 2.16. The van der Waals surface area contributed by atoms with Crippen LogP contribution in [0.1, 0.15) is 46.5 Å². The highest BCUT2D eigenvalue weighted by Gasteiger charge is 2.05. The van der Waals surface area contributed by atoms with Gasteiger partial charge in [0.25, 0.3) is 0 Å². The van der Waals surface area contributed by atoms with Crippen LogP contribution in [0.15, 0.2) is 12.7 Å². The molecule has 0 nitrogen and oxygen atoms in total. The van der Waals surface area contributed by atoms with E-state index >= 15 is 0 Å². The zero-order valence-corrected chi connectivity index (χ0v) is 8.27. The molecule has 0 aliphatic carbocycles. The van der Waals surface area contributed by atoms with Crippen LogP contribution in [0.5, 0.6) is 0 Å². The first kappa shape index (κ1) is 10.7. The summed E-state index contributed by atoms with van der Waals surface area (Å²) < 4.78 is 0.